The van der Waals surface area contributed by atoms with Crippen molar-refractivity contribution in [3.63, 3.8) is 0 Å². The fourth-order valence-corrected chi connectivity index (χ4v) is 1.53. The lowest BCUT2D eigenvalue weighted by molar-refractivity contribution is -0.0816. The first-order chi connectivity index (χ1) is 5.67. The Morgan fingerprint density at radius 3 is 2.83 bits per heavy atom. The Balaban J connectivity index is 2.53. The van der Waals surface area contributed by atoms with Crippen LogP contribution in [0.2, 0.25) is 0 Å². The summed E-state index contributed by atoms with van der Waals surface area (Å²) in [5, 5.41) is 3.19. The zero-order valence-corrected chi connectivity index (χ0v) is 6.71. The van der Waals surface area contributed by atoms with E-state index in [0.717, 1.165) is 6.42 Å². The van der Waals surface area contributed by atoms with Crippen molar-refractivity contribution in [3.8, 4) is 0 Å². The van der Waals surface area contributed by atoms with Crippen LogP contribution in [0.5, 0.6) is 0 Å². The smallest absolute Gasteiger partial charge is 0.207 e. The predicted octanol–water partition coefficient (Wildman–Crippen LogP) is 3.12. The third kappa shape index (κ3) is 2.08. The van der Waals surface area contributed by atoms with Crippen molar-refractivity contribution < 1.29 is 8.78 Å². The highest BCUT2D eigenvalue weighted by Crippen LogP contribution is 2.38. The molecule has 0 aromatic heterocycles. The summed E-state index contributed by atoms with van der Waals surface area (Å²) in [4.78, 5) is 2.49. The number of rotatable bonds is 2. The molecule has 0 saturated heterocycles. The molecule has 1 fully saturated rings. The minimum absolute atomic E-state index is 0.0569. The lowest BCUT2D eigenvalue weighted by Crippen LogP contribution is -2.33. The molecular weight excluding hydrogens is 164 g/mol. The number of nitrogens with zero attached hydrogens (tertiary/aromatic N) is 3. The molecule has 0 bridgehead atoms. The summed E-state index contributed by atoms with van der Waals surface area (Å²) in [6, 6.07) is 0. The molecule has 1 aliphatic rings. The number of hydrogen-bond donors (Lipinski definition) is 0. The van der Waals surface area contributed by atoms with Crippen LogP contribution in [0.1, 0.15) is 25.7 Å². The van der Waals surface area contributed by atoms with Gasteiger partial charge in [0, 0.05) is 23.8 Å². The van der Waals surface area contributed by atoms with Gasteiger partial charge in [-0.05, 0) is 18.4 Å². The SMILES string of the molecule is [N-]=[N+]=NC[C@H]1CCCCC1(F)F. The Bertz CT molecular complexity index is 199. The van der Waals surface area contributed by atoms with Crippen LogP contribution in [-0.2, 0) is 0 Å². The van der Waals surface area contributed by atoms with Crippen molar-refractivity contribution in [2.24, 2.45) is 11.0 Å². The molecule has 0 aliphatic heterocycles. The monoisotopic (exact) mass is 175 g/mol. The van der Waals surface area contributed by atoms with Crippen molar-refractivity contribution in [1.29, 1.82) is 0 Å². The van der Waals surface area contributed by atoms with Crippen LogP contribution in [0, 0.1) is 5.92 Å². The summed E-state index contributed by atoms with van der Waals surface area (Å²) in [7, 11) is 0. The van der Waals surface area contributed by atoms with Gasteiger partial charge in [0.25, 0.3) is 5.92 Å². The second kappa shape index (κ2) is 3.72. The molecule has 0 unspecified atom stereocenters. The van der Waals surface area contributed by atoms with Crippen LogP contribution in [0.3, 0.4) is 0 Å². The second-order valence-corrected chi connectivity index (χ2v) is 3.12. The van der Waals surface area contributed by atoms with Crippen LogP contribution in [0.25, 0.3) is 10.4 Å². The molecule has 0 aromatic rings. The van der Waals surface area contributed by atoms with Crippen LogP contribution < -0.4 is 0 Å². The Kier molecular flexibility index (Phi) is 2.87. The quantitative estimate of drug-likeness (QED) is 0.351. The summed E-state index contributed by atoms with van der Waals surface area (Å²) in [6.07, 6.45) is 1.83. The van der Waals surface area contributed by atoms with Gasteiger partial charge in [-0.25, -0.2) is 8.78 Å². The van der Waals surface area contributed by atoms with E-state index in [9.17, 15) is 8.78 Å². The van der Waals surface area contributed by atoms with Gasteiger partial charge in [-0.1, -0.05) is 11.5 Å². The van der Waals surface area contributed by atoms with Crippen molar-refractivity contribution >= 4 is 0 Å². The lowest BCUT2D eigenvalue weighted by Gasteiger charge is -2.29. The van der Waals surface area contributed by atoms with Crippen LogP contribution >= 0.6 is 0 Å². The highest BCUT2D eigenvalue weighted by Gasteiger charge is 2.40. The molecule has 0 radical (unpaired) electrons. The average molecular weight is 175 g/mol. The van der Waals surface area contributed by atoms with Gasteiger partial charge in [0.1, 0.15) is 0 Å². The maximum absolute atomic E-state index is 13.0. The Morgan fingerprint density at radius 2 is 2.25 bits per heavy atom. The van der Waals surface area contributed by atoms with Gasteiger partial charge in [-0.3, -0.25) is 0 Å². The van der Waals surface area contributed by atoms with Crippen LogP contribution in [0.15, 0.2) is 5.11 Å². The first-order valence-electron chi connectivity index (χ1n) is 4.05. The maximum Gasteiger partial charge on any atom is 0.251 e. The number of hydrogen-bond acceptors (Lipinski definition) is 1. The van der Waals surface area contributed by atoms with E-state index in [1.807, 2.05) is 0 Å². The summed E-state index contributed by atoms with van der Waals surface area (Å²) >= 11 is 0. The van der Waals surface area contributed by atoms with Gasteiger partial charge in [-0.15, -0.1) is 0 Å². The first kappa shape index (κ1) is 9.26. The molecule has 0 amide bonds. The molecule has 1 rings (SSSR count). The van der Waals surface area contributed by atoms with Crippen molar-refractivity contribution in [2.75, 3.05) is 6.54 Å². The van der Waals surface area contributed by atoms with E-state index in [0.29, 0.717) is 12.8 Å². The topological polar surface area (TPSA) is 48.8 Å². The highest BCUT2D eigenvalue weighted by atomic mass is 19.3. The Hall–Kier alpha value is -0.830. The average Bonchev–Trinajstić information content (AvgIpc) is 2.02. The Morgan fingerprint density at radius 1 is 1.50 bits per heavy atom. The minimum Gasteiger partial charge on any atom is -0.207 e. The summed E-state index contributed by atoms with van der Waals surface area (Å²) < 4.78 is 26.0. The molecule has 1 atom stereocenters. The van der Waals surface area contributed by atoms with Gasteiger partial charge >= 0.3 is 0 Å². The summed E-state index contributed by atoms with van der Waals surface area (Å²) in [6.45, 7) is -0.0660. The highest BCUT2D eigenvalue weighted by molar-refractivity contribution is 4.83. The largest absolute Gasteiger partial charge is 0.251 e. The molecule has 5 heteroatoms. The molecule has 0 aromatic carbocycles. The van der Waals surface area contributed by atoms with Crippen LogP contribution in [0.4, 0.5) is 8.78 Å². The fraction of sp³-hybridized carbons (Fsp3) is 1.00. The summed E-state index contributed by atoms with van der Waals surface area (Å²) in [5.74, 6) is -3.35. The first-order valence-corrected chi connectivity index (χ1v) is 4.05. The van der Waals surface area contributed by atoms with E-state index in [2.05, 4.69) is 10.0 Å². The molecule has 0 spiro atoms. The van der Waals surface area contributed by atoms with E-state index >= 15 is 0 Å². The molecule has 1 aliphatic carbocycles. The van der Waals surface area contributed by atoms with E-state index in [1.54, 1.807) is 0 Å². The number of halogens is 2. The second-order valence-electron chi connectivity index (χ2n) is 3.12. The van der Waals surface area contributed by atoms with Gasteiger partial charge in [0.2, 0.25) is 0 Å². The van der Waals surface area contributed by atoms with Crippen molar-refractivity contribution in [3.05, 3.63) is 10.4 Å². The van der Waals surface area contributed by atoms with E-state index < -0.39 is 11.8 Å². The van der Waals surface area contributed by atoms with Crippen molar-refractivity contribution in [2.45, 2.75) is 31.6 Å². The van der Waals surface area contributed by atoms with Gasteiger partial charge in [0.15, 0.2) is 0 Å². The molecule has 0 N–H and O–H groups in total. The molecule has 1 saturated carbocycles. The third-order valence-corrected chi connectivity index (χ3v) is 2.28. The minimum atomic E-state index is -2.62. The normalized spacial score (nSPS) is 27.7. The Labute approximate surface area is 69.4 Å². The number of alkyl halides is 2. The number of azide groups is 1. The lowest BCUT2D eigenvalue weighted by atomic mass is 9.86. The van der Waals surface area contributed by atoms with Gasteiger partial charge in [0.05, 0.1) is 0 Å². The summed E-state index contributed by atoms with van der Waals surface area (Å²) in [5.41, 5.74) is 7.98. The maximum atomic E-state index is 13.0. The molecule has 3 nitrogen and oxygen atoms in total. The molecular formula is C7H11F2N3. The molecule has 12 heavy (non-hydrogen) atoms. The van der Waals surface area contributed by atoms with E-state index in [-0.39, 0.29) is 13.0 Å². The van der Waals surface area contributed by atoms with Gasteiger partial charge in [-0.2, -0.15) is 0 Å². The van der Waals surface area contributed by atoms with Crippen molar-refractivity contribution in [1.82, 2.24) is 0 Å². The van der Waals surface area contributed by atoms with E-state index in [4.69, 9.17) is 5.53 Å². The zero-order chi connectivity index (χ0) is 9.03. The van der Waals surface area contributed by atoms with Crippen LogP contribution in [-0.4, -0.2) is 12.5 Å². The van der Waals surface area contributed by atoms with E-state index in [1.165, 1.54) is 0 Å². The standard InChI is InChI=1S/C7H11F2N3/c8-7(9)4-2-1-3-6(7)5-11-12-10/h6H,1-5H2/t6-/m1/s1. The fourth-order valence-electron chi connectivity index (χ4n) is 1.53. The van der Waals surface area contributed by atoms with Gasteiger partial charge < -0.3 is 0 Å². The predicted molar refractivity (Wildman–Crippen MR) is 40.9 cm³/mol. The molecule has 68 valence electrons. The third-order valence-electron chi connectivity index (χ3n) is 2.28. The molecule has 0 heterocycles. The zero-order valence-electron chi connectivity index (χ0n) is 6.71.